The number of aromatic nitrogens is 4. The minimum Gasteiger partial charge on any atom is -0.480 e. The molecule has 16 heteroatoms. The minimum absolute atomic E-state index is 0.0801. The molecule has 4 aromatic rings. The van der Waals surface area contributed by atoms with Crippen LogP contribution in [0.1, 0.15) is 55.2 Å². The number of carbonyl (C=O) groups excluding carboxylic acids is 1. The third kappa shape index (κ3) is 10.0. The normalized spacial score (nSPS) is 12.0. The van der Waals surface area contributed by atoms with Gasteiger partial charge in [-0.2, -0.15) is 18.3 Å². The molecule has 0 aliphatic rings. The first-order valence-corrected chi connectivity index (χ1v) is 14.8. The van der Waals surface area contributed by atoms with Gasteiger partial charge in [0.15, 0.2) is 11.5 Å². The highest BCUT2D eigenvalue weighted by molar-refractivity contribution is 6.33. The van der Waals surface area contributed by atoms with Crippen molar-refractivity contribution in [2.45, 2.75) is 52.8 Å². The van der Waals surface area contributed by atoms with Crippen molar-refractivity contribution in [3.05, 3.63) is 70.6 Å². The Hall–Kier alpha value is -4.92. The number of carboxylic acid groups (broad SMARTS) is 2. The highest BCUT2D eigenvalue weighted by atomic mass is 35.5. The van der Waals surface area contributed by atoms with Crippen molar-refractivity contribution in [1.29, 1.82) is 0 Å². The van der Waals surface area contributed by atoms with E-state index >= 15 is 0 Å². The second-order valence-electron chi connectivity index (χ2n) is 11.1. The van der Waals surface area contributed by atoms with Gasteiger partial charge in [0.05, 0.1) is 16.9 Å². The van der Waals surface area contributed by atoms with Crippen molar-refractivity contribution < 1.29 is 37.8 Å². The number of carbonyl (C=O) groups is 3. The summed E-state index contributed by atoms with van der Waals surface area (Å²) < 4.78 is 33.3. The van der Waals surface area contributed by atoms with Gasteiger partial charge in [0.1, 0.15) is 17.4 Å². The number of fused-ring (bicyclic) bond motifs is 1. The number of hydrogen-bond donors (Lipinski definition) is 5. The number of rotatable bonds is 11. The molecule has 47 heavy (non-hydrogen) atoms. The summed E-state index contributed by atoms with van der Waals surface area (Å²) in [6.45, 7) is 10.7. The smallest absolute Gasteiger partial charge is 0.480 e. The highest BCUT2D eigenvalue weighted by Crippen LogP contribution is 2.30. The SMILES string of the molecule is Cc1ccc(-c2cn3nc(C(=O)NC(C(=O)O)C(C)C)cc3c(NCCNc3ccc(C(C)C)cn3)n2)c(Cl)c1.O=C(O)C(F)(F)F. The molecule has 0 radical (unpaired) electrons. The number of pyridine rings is 1. The Bertz CT molecular complexity index is 1730. The van der Waals surface area contributed by atoms with Crippen LogP contribution < -0.4 is 16.0 Å². The lowest BCUT2D eigenvalue weighted by Crippen LogP contribution is -2.44. The van der Waals surface area contributed by atoms with Crippen LogP contribution in [0.4, 0.5) is 24.8 Å². The van der Waals surface area contributed by atoms with Crippen molar-refractivity contribution in [3.8, 4) is 11.3 Å². The van der Waals surface area contributed by atoms with Crippen molar-refractivity contribution >= 4 is 46.6 Å². The lowest BCUT2D eigenvalue weighted by Gasteiger charge is -2.16. The molecule has 0 aliphatic heterocycles. The molecular weight excluding hydrogens is 643 g/mol. The fourth-order valence-corrected chi connectivity index (χ4v) is 4.47. The number of halogens is 4. The molecule has 0 bridgehead atoms. The zero-order valence-electron chi connectivity index (χ0n) is 26.2. The summed E-state index contributed by atoms with van der Waals surface area (Å²) in [7, 11) is 0. The number of amides is 1. The number of nitrogens with zero attached hydrogens (tertiary/aromatic N) is 4. The Morgan fingerprint density at radius 2 is 1.66 bits per heavy atom. The largest absolute Gasteiger partial charge is 0.490 e. The van der Waals surface area contributed by atoms with Crippen LogP contribution in [-0.2, 0) is 9.59 Å². The summed E-state index contributed by atoms with van der Waals surface area (Å²) in [5, 5.41) is 30.8. The molecule has 3 aromatic heterocycles. The molecule has 0 saturated heterocycles. The maximum absolute atomic E-state index is 12.9. The van der Waals surface area contributed by atoms with Gasteiger partial charge in [0, 0.05) is 30.9 Å². The fourth-order valence-electron chi connectivity index (χ4n) is 4.14. The number of carboxylic acids is 2. The predicted molar refractivity (Wildman–Crippen MR) is 171 cm³/mol. The first-order valence-electron chi connectivity index (χ1n) is 14.4. The zero-order valence-corrected chi connectivity index (χ0v) is 26.9. The average molecular weight is 678 g/mol. The molecule has 1 amide bonds. The molecule has 0 fully saturated rings. The molecular formula is C31H35ClF3N7O5. The van der Waals surface area contributed by atoms with Crippen LogP contribution in [0.5, 0.6) is 0 Å². The molecule has 4 rings (SSSR count). The minimum atomic E-state index is -5.08. The number of alkyl halides is 3. The predicted octanol–water partition coefficient (Wildman–Crippen LogP) is 5.87. The van der Waals surface area contributed by atoms with E-state index in [2.05, 4.69) is 45.9 Å². The van der Waals surface area contributed by atoms with Crippen LogP contribution in [0.25, 0.3) is 16.8 Å². The van der Waals surface area contributed by atoms with Gasteiger partial charge < -0.3 is 26.2 Å². The van der Waals surface area contributed by atoms with Gasteiger partial charge in [0.2, 0.25) is 0 Å². The Morgan fingerprint density at radius 3 is 2.19 bits per heavy atom. The molecule has 0 spiro atoms. The van der Waals surface area contributed by atoms with E-state index in [1.807, 2.05) is 37.4 Å². The molecule has 0 aliphatic carbocycles. The Kier molecular flexibility index (Phi) is 12.1. The first kappa shape index (κ1) is 36.5. The molecule has 3 heterocycles. The summed E-state index contributed by atoms with van der Waals surface area (Å²) >= 11 is 6.54. The van der Waals surface area contributed by atoms with Crippen LogP contribution in [0.3, 0.4) is 0 Å². The van der Waals surface area contributed by atoms with E-state index in [9.17, 15) is 27.9 Å². The lowest BCUT2D eigenvalue weighted by molar-refractivity contribution is -0.192. The van der Waals surface area contributed by atoms with Gasteiger partial charge in [-0.1, -0.05) is 57.5 Å². The van der Waals surface area contributed by atoms with E-state index in [0.29, 0.717) is 41.1 Å². The number of nitrogens with one attached hydrogen (secondary N) is 3. The maximum Gasteiger partial charge on any atom is 0.490 e. The Balaban J connectivity index is 0.000000771. The van der Waals surface area contributed by atoms with Gasteiger partial charge in [-0.15, -0.1) is 0 Å². The van der Waals surface area contributed by atoms with Gasteiger partial charge in [0.25, 0.3) is 5.91 Å². The van der Waals surface area contributed by atoms with E-state index in [4.69, 9.17) is 26.5 Å². The number of hydrogen-bond acceptors (Lipinski definition) is 8. The topological polar surface area (TPSA) is 171 Å². The fraction of sp³-hybridized carbons (Fsp3) is 0.355. The zero-order chi connectivity index (χ0) is 35.1. The van der Waals surface area contributed by atoms with E-state index in [0.717, 1.165) is 16.9 Å². The van der Waals surface area contributed by atoms with Gasteiger partial charge >= 0.3 is 18.1 Å². The Morgan fingerprint density at radius 1 is 1.00 bits per heavy atom. The summed E-state index contributed by atoms with van der Waals surface area (Å²) in [5.74, 6) is -3.05. The molecule has 1 atom stereocenters. The molecule has 0 saturated carbocycles. The Labute approximate surface area is 273 Å². The van der Waals surface area contributed by atoms with E-state index in [-0.39, 0.29) is 11.6 Å². The highest BCUT2D eigenvalue weighted by Gasteiger charge is 2.38. The molecule has 1 unspecified atom stereocenters. The molecule has 12 nitrogen and oxygen atoms in total. The summed E-state index contributed by atoms with van der Waals surface area (Å²) in [6.07, 6.45) is -1.52. The second-order valence-corrected chi connectivity index (χ2v) is 11.5. The number of benzene rings is 1. The summed E-state index contributed by atoms with van der Waals surface area (Å²) in [4.78, 5) is 42.7. The van der Waals surface area contributed by atoms with E-state index in [1.54, 1.807) is 30.6 Å². The lowest BCUT2D eigenvalue weighted by atomic mass is 10.0. The quantitative estimate of drug-likeness (QED) is 0.121. The molecule has 252 valence electrons. The first-order chi connectivity index (χ1) is 22.0. The van der Waals surface area contributed by atoms with Crippen LogP contribution in [0.2, 0.25) is 5.02 Å². The van der Waals surface area contributed by atoms with Crippen molar-refractivity contribution in [2.75, 3.05) is 23.7 Å². The van der Waals surface area contributed by atoms with Crippen molar-refractivity contribution in [2.24, 2.45) is 5.92 Å². The number of anilines is 2. The third-order valence-electron chi connectivity index (χ3n) is 6.73. The van der Waals surface area contributed by atoms with Crippen LogP contribution in [0, 0.1) is 12.8 Å². The number of aliphatic carboxylic acids is 2. The number of aryl methyl sites for hydroxylation is 1. The van der Waals surface area contributed by atoms with Crippen LogP contribution in [-0.4, -0.2) is 72.9 Å². The van der Waals surface area contributed by atoms with Gasteiger partial charge in [-0.3, -0.25) is 4.79 Å². The molecule has 5 N–H and O–H groups in total. The van der Waals surface area contributed by atoms with E-state index in [1.165, 1.54) is 5.56 Å². The van der Waals surface area contributed by atoms with E-state index < -0.39 is 30.1 Å². The van der Waals surface area contributed by atoms with Crippen molar-refractivity contribution in [3.63, 3.8) is 0 Å². The monoisotopic (exact) mass is 677 g/mol. The summed E-state index contributed by atoms with van der Waals surface area (Å²) in [6, 6.07) is 10.3. The van der Waals surface area contributed by atoms with Gasteiger partial charge in [-0.25, -0.2) is 24.1 Å². The standard InChI is InChI=1S/C29H34ClN7O3.C2HF3O2/c1-16(2)19-7-9-25(33-14-19)31-10-11-32-27-24-13-22(28(38)35-26(17(3)4)29(39)40)36-37(24)15-23(34-27)20-8-6-18(5)12-21(20)30;3-2(4,5)1(6)7/h6-9,12-17,26H,10-11H2,1-5H3,(H,31,33)(H,32,34)(H,35,38)(H,39,40);(H,6,7). The maximum atomic E-state index is 12.9. The third-order valence-corrected chi connectivity index (χ3v) is 7.04. The molecule has 1 aromatic carbocycles. The van der Waals surface area contributed by atoms with Crippen molar-refractivity contribution in [1.82, 2.24) is 24.9 Å². The summed E-state index contributed by atoms with van der Waals surface area (Å²) in [5.41, 5.74) is 4.12. The second kappa shape index (κ2) is 15.6. The van der Waals surface area contributed by atoms with Crippen LogP contribution in [0.15, 0.2) is 48.8 Å². The van der Waals surface area contributed by atoms with Gasteiger partial charge in [-0.05, 0) is 42.0 Å². The average Bonchev–Trinajstić information content (AvgIpc) is 3.42. The van der Waals surface area contributed by atoms with Crippen LogP contribution >= 0.6 is 11.6 Å².